The Bertz CT molecular complexity index is 625. The molecular formula is C17H21N3O. The van der Waals surface area contributed by atoms with Crippen LogP contribution in [0.15, 0.2) is 30.3 Å². The van der Waals surface area contributed by atoms with E-state index in [0.29, 0.717) is 5.56 Å². The van der Waals surface area contributed by atoms with Crippen LogP contribution in [0.3, 0.4) is 0 Å². The van der Waals surface area contributed by atoms with Gasteiger partial charge in [-0.25, -0.2) is 4.68 Å². The zero-order chi connectivity index (χ0) is 14.8. The van der Waals surface area contributed by atoms with Crippen molar-refractivity contribution in [3.63, 3.8) is 0 Å². The molecule has 1 aromatic carbocycles. The van der Waals surface area contributed by atoms with Crippen LogP contribution in [-0.2, 0) is 0 Å². The lowest BCUT2D eigenvalue weighted by Gasteiger charge is -2.32. The Kier molecular flexibility index (Phi) is 3.78. The molecule has 0 bridgehead atoms. The maximum atomic E-state index is 11.5. The van der Waals surface area contributed by atoms with Gasteiger partial charge in [-0.05, 0) is 37.8 Å². The van der Waals surface area contributed by atoms with Gasteiger partial charge in [0.2, 0.25) is 0 Å². The number of para-hydroxylation sites is 1. The predicted octanol–water partition coefficient (Wildman–Crippen LogP) is 3.23. The first-order chi connectivity index (χ1) is 10.2. The topological polar surface area (TPSA) is 38.1 Å². The molecule has 3 rings (SSSR count). The lowest BCUT2D eigenvalue weighted by atomic mass is 9.99. The van der Waals surface area contributed by atoms with Crippen LogP contribution >= 0.6 is 0 Å². The first-order valence-electron chi connectivity index (χ1n) is 7.56. The van der Waals surface area contributed by atoms with Gasteiger partial charge in [-0.3, -0.25) is 4.79 Å². The summed E-state index contributed by atoms with van der Waals surface area (Å²) in [5.41, 5.74) is 2.51. The molecule has 110 valence electrons. The predicted molar refractivity (Wildman–Crippen MR) is 84.3 cm³/mol. The number of rotatable bonds is 3. The third kappa shape index (κ3) is 2.58. The third-order valence-electron chi connectivity index (χ3n) is 4.28. The normalized spacial score (nSPS) is 16.2. The van der Waals surface area contributed by atoms with Crippen molar-refractivity contribution in [2.24, 2.45) is 5.92 Å². The van der Waals surface area contributed by atoms with Gasteiger partial charge in [0.25, 0.3) is 0 Å². The smallest absolute Gasteiger partial charge is 0.155 e. The van der Waals surface area contributed by atoms with Crippen LogP contribution in [0.2, 0.25) is 0 Å². The van der Waals surface area contributed by atoms with E-state index >= 15 is 0 Å². The standard InChI is InChI=1S/C17H21N3O/c1-13-8-10-19(11-9-13)17-16(12-21)14(2)18-20(17)15-6-4-3-5-7-15/h3-7,12-13H,8-11H2,1-2H3. The average Bonchev–Trinajstić information content (AvgIpc) is 2.85. The van der Waals surface area contributed by atoms with Crippen molar-refractivity contribution in [3.05, 3.63) is 41.6 Å². The van der Waals surface area contributed by atoms with E-state index in [0.717, 1.165) is 55.3 Å². The van der Waals surface area contributed by atoms with E-state index in [4.69, 9.17) is 0 Å². The molecule has 1 aliphatic rings. The Morgan fingerprint density at radius 3 is 2.48 bits per heavy atom. The van der Waals surface area contributed by atoms with E-state index in [1.807, 2.05) is 41.9 Å². The van der Waals surface area contributed by atoms with Crippen molar-refractivity contribution in [1.29, 1.82) is 0 Å². The number of piperidine rings is 1. The highest BCUT2D eigenvalue weighted by molar-refractivity contribution is 5.85. The number of hydrogen-bond donors (Lipinski definition) is 0. The number of nitrogens with zero attached hydrogens (tertiary/aromatic N) is 3. The molecule has 0 N–H and O–H groups in total. The quantitative estimate of drug-likeness (QED) is 0.812. The Morgan fingerprint density at radius 1 is 1.19 bits per heavy atom. The van der Waals surface area contributed by atoms with Crippen molar-refractivity contribution in [2.75, 3.05) is 18.0 Å². The molecule has 0 radical (unpaired) electrons. The Morgan fingerprint density at radius 2 is 1.86 bits per heavy atom. The van der Waals surface area contributed by atoms with Gasteiger partial charge < -0.3 is 4.90 Å². The lowest BCUT2D eigenvalue weighted by Crippen LogP contribution is -2.34. The highest BCUT2D eigenvalue weighted by Crippen LogP contribution is 2.29. The highest BCUT2D eigenvalue weighted by atomic mass is 16.1. The van der Waals surface area contributed by atoms with E-state index in [1.54, 1.807) is 0 Å². The van der Waals surface area contributed by atoms with Gasteiger partial charge in [-0.15, -0.1) is 0 Å². The third-order valence-corrected chi connectivity index (χ3v) is 4.28. The Labute approximate surface area is 125 Å². The molecule has 1 fully saturated rings. The number of carbonyl (C=O) groups is 1. The van der Waals surface area contributed by atoms with E-state index in [9.17, 15) is 4.79 Å². The van der Waals surface area contributed by atoms with Crippen molar-refractivity contribution in [1.82, 2.24) is 9.78 Å². The first kappa shape index (κ1) is 13.9. The fourth-order valence-corrected chi connectivity index (χ4v) is 2.94. The Hall–Kier alpha value is -2.10. The second-order valence-electron chi connectivity index (χ2n) is 5.86. The fourth-order valence-electron chi connectivity index (χ4n) is 2.94. The van der Waals surface area contributed by atoms with E-state index in [1.165, 1.54) is 0 Å². The summed E-state index contributed by atoms with van der Waals surface area (Å²) in [5.74, 6) is 1.70. The molecule has 4 heteroatoms. The van der Waals surface area contributed by atoms with Gasteiger partial charge in [-0.1, -0.05) is 25.1 Å². The summed E-state index contributed by atoms with van der Waals surface area (Å²) in [7, 11) is 0. The molecular weight excluding hydrogens is 262 g/mol. The van der Waals surface area contributed by atoms with Gasteiger partial charge in [0.15, 0.2) is 6.29 Å². The second kappa shape index (κ2) is 5.72. The summed E-state index contributed by atoms with van der Waals surface area (Å²) in [4.78, 5) is 13.8. The molecule has 1 saturated heterocycles. The molecule has 0 atom stereocenters. The van der Waals surface area contributed by atoms with E-state index in [2.05, 4.69) is 16.9 Å². The second-order valence-corrected chi connectivity index (χ2v) is 5.86. The SMILES string of the molecule is Cc1nn(-c2ccccc2)c(N2CCC(C)CC2)c1C=O. The van der Waals surface area contributed by atoms with Crippen LogP contribution < -0.4 is 4.90 Å². The van der Waals surface area contributed by atoms with E-state index < -0.39 is 0 Å². The fraction of sp³-hybridized carbons (Fsp3) is 0.412. The number of aromatic nitrogens is 2. The summed E-state index contributed by atoms with van der Waals surface area (Å²) in [6.45, 7) is 6.16. The minimum Gasteiger partial charge on any atom is -0.356 e. The van der Waals surface area contributed by atoms with Gasteiger partial charge in [-0.2, -0.15) is 5.10 Å². The number of carbonyl (C=O) groups excluding carboxylic acids is 1. The largest absolute Gasteiger partial charge is 0.356 e. The molecule has 1 aromatic heterocycles. The Balaban J connectivity index is 2.07. The first-order valence-corrected chi connectivity index (χ1v) is 7.56. The monoisotopic (exact) mass is 283 g/mol. The molecule has 0 spiro atoms. The molecule has 2 heterocycles. The summed E-state index contributed by atoms with van der Waals surface area (Å²) >= 11 is 0. The summed E-state index contributed by atoms with van der Waals surface area (Å²) in [5, 5.41) is 4.59. The molecule has 21 heavy (non-hydrogen) atoms. The lowest BCUT2D eigenvalue weighted by molar-refractivity contribution is 0.112. The number of hydrogen-bond acceptors (Lipinski definition) is 3. The molecule has 0 aliphatic carbocycles. The molecule has 4 nitrogen and oxygen atoms in total. The summed E-state index contributed by atoms with van der Waals surface area (Å²) in [6, 6.07) is 10.0. The number of benzene rings is 1. The molecule has 1 aliphatic heterocycles. The zero-order valence-corrected chi connectivity index (χ0v) is 12.6. The van der Waals surface area contributed by atoms with Gasteiger partial charge in [0.1, 0.15) is 5.82 Å². The number of aryl methyl sites for hydroxylation is 1. The van der Waals surface area contributed by atoms with E-state index in [-0.39, 0.29) is 0 Å². The van der Waals surface area contributed by atoms with Gasteiger partial charge >= 0.3 is 0 Å². The van der Waals surface area contributed by atoms with Crippen LogP contribution in [0.5, 0.6) is 0 Å². The molecule has 2 aromatic rings. The molecule has 0 unspecified atom stereocenters. The van der Waals surface area contributed by atoms with Gasteiger partial charge in [0.05, 0.1) is 16.9 Å². The van der Waals surface area contributed by atoms with Crippen LogP contribution in [0.4, 0.5) is 5.82 Å². The van der Waals surface area contributed by atoms with Crippen LogP contribution in [0, 0.1) is 12.8 Å². The number of anilines is 1. The van der Waals surface area contributed by atoms with Crippen molar-refractivity contribution >= 4 is 12.1 Å². The number of aldehydes is 1. The summed E-state index contributed by atoms with van der Waals surface area (Å²) < 4.78 is 1.91. The maximum Gasteiger partial charge on any atom is 0.155 e. The zero-order valence-electron chi connectivity index (χ0n) is 12.6. The van der Waals surface area contributed by atoms with Crippen LogP contribution in [0.25, 0.3) is 5.69 Å². The van der Waals surface area contributed by atoms with Crippen molar-refractivity contribution < 1.29 is 4.79 Å². The van der Waals surface area contributed by atoms with Crippen LogP contribution in [-0.4, -0.2) is 29.2 Å². The minimum absolute atomic E-state index is 0.716. The highest BCUT2D eigenvalue weighted by Gasteiger charge is 2.24. The summed E-state index contributed by atoms with van der Waals surface area (Å²) in [6.07, 6.45) is 3.27. The average molecular weight is 283 g/mol. The van der Waals surface area contributed by atoms with Crippen molar-refractivity contribution in [3.8, 4) is 5.69 Å². The van der Waals surface area contributed by atoms with Crippen molar-refractivity contribution in [2.45, 2.75) is 26.7 Å². The maximum absolute atomic E-state index is 11.5. The van der Waals surface area contributed by atoms with Gasteiger partial charge in [0, 0.05) is 13.1 Å². The molecule has 0 amide bonds. The van der Waals surface area contributed by atoms with Crippen LogP contribution in [0.1, 0.15) is 35.8 Å². The molecule has 0 saturated carbocycles. The minimum atomic E-state index is 0.716.